The van der Waals surface area contributed by atoms with E-state index < -0.39 is 0 Å². The highest BCUT2D eigenvalue weighted by Crippen LogP contribution is 2.51. The fraction of sp³-hybridized carbons (Fsp3) is 0.0137. The molecule has 1 heterocycles. The summed E-state index contributed by atoms with van der Waals surface area (Å²) in [4.78, 5) is 0. The largest absolute Gasteiger partial charge is 0.135 e. The summed E-state index contributed by atoms with van der Waals surface area (Å²) in [5.74, 6) is 0. The Morgan fingerprint density at radius 3 is 1.26 bits per heavy atom. The van der Waals surface area contributed by atoms with Crippen LogP contribution >= 0.6 is 11.3 Å². The SMILES string of the molecule is C=Cc1c(-c2ccccc2)ccc(-c2c3ccccc3c(-c3cccc4c3sc3ccc(-c5c6ccccc6c(-c6ccc(-c7ccccc7)c7ccccc67)c6ccccc56)cc34)c3ccccc23)c1/C=C\C. The lowest BCUT2D eigenvalue weighted by Crippen LogP contribution is -1.96. The Bertz CT molecular complexity index is 4490. The summed E-state index contributed by atoms with van der Waals surface area (Å²) < 4.78 is 2.58. The van der Waals surface area contributed by atoms with Gasteiger partial charge in [-0.3, -0.25) is 0 Å². The van der Waals surface area contributed by atoms with E-state index >= 15 is 0 Å². The van der Waals surface area contributed by atoms with Crippen molar-refractivity contribution in [1.29, 1.82) is 0 Å². The average molecular weight is 957 g/mol. The molecular weight excluding hydrogens is 909 g/mol. The summed E-state index contributed by atoms with van der Waals surface area (Å²) in [5.41, 5.74) is 17.1. The first kappa shape index (κ1) is 43.6. The molecule has 0 unspecified atom stereocenters. The third-order valence-electron chi connectivity index (χ3n) is 15.4. The van der Waals surface area contributed by atoms with Gasteiger partial charge in [0, 0.05) is 25.7 Å². The van der Waals surface area contributed by atoms with Crippen LogP contribution in [0.25, 0.3) is 153 Å². The van der Waals surface area contributed by atoms with Gasteiger partial charge in [-0.25, -0.2) is 0 Å². The highest BCUT2D eigenvalue weighted by Gasteiger charge is 2.24. The molecule has 0 amide bonds. The van der Waals surface area contributed by atoms with Crippen LogP contribution in [0.1, 0.15) is 18.1 Å². The minimum atomic E-state index is 1.14. The van der Waals surface area contributed by atoms with Crippen molar-refractivity contribution in [2.75, 3.05) is 0 Å². The lowest BCUT2D eigenvalue weighted by atomic mass is 9.82. The monoisotopic (exact) mass is 956 g/mol. The van der Waals surface area contributed by atoms with Crippen LogP contribution in [0.4, 0.5) is 0 Å². The maximum absolute atomic E-state index is 4.37. The second-order valence-corrected chi connectivity index (χ2v) is 20.4. The first-order valence-electron chi connectivity index (χ1n) is 25.6. The molecule has 0 fully saturated rings. The summed E-state index contributed by atoms with van der Waals surface area (Å²) in [7, 11) is 0. The first-order chi connectivity index (χ1) is 36.7. The Labute approximate surface area is 435 Å². The molecule has 13 aromatic carbocycles. The van der Waals surface area contributed by atoms with E-state index in [1.165, 1.54) is 146 Å². The molecule has 346 valence electrons. The number of benzene rings is 13. The topological polar surface area (TPSA) is 0 Å². The number of hydrogen-bond acceptors (Lipinski definition) is 1. The maximum atomic E-state index is 4.37. The van der Waals surface area contributed by atoms with Gasteiger partial charge in [-0.15, -0.1) is 11.3 Å². The van der Waals surface area contributed by atoms with Crippen LogP contribution in [0, 0.1) is 0 Å². The molecule has 0 bridgehead atoms. The molecule has 14 rings (SSSR count). The Kier molecular flexibility index (Phi) is 10.5. The molecule has 0 atom stereocenters. The van der Waals surface area contributed by atoms with Gasteiger partial charge in [-0.1, -0.05) is 255 Å². The zero-order chi connectivity index (χ0) is 49.3. The molecule has 14 aromatic rings. The average Bonchev–Trinajstić information content (AvgIpc) is 3.85. The van der Waals surface area contributed by atoms with E-state index in [1.807, 2.05) is 17.4 Å². The number of allylic oxidation sites excluding steroid dienone is 1. The van der Waals surface area contributed by atoms with Crippen LogP contribution in [0.5, 0.6) is 0 Å². The third kappa shape index (κ3) is 6.82. The van der Waals surface area contributed by atoms with Crippen molar-refractivity contribution < 1.29 is 0 Å². The van der Waals surface area contributed by atoms with Gasteiger partial charge in [0.1, 0.15) is 0 Å². The van der Waals surface area contributed by atoms with Crippen molar-refractivity contribution in [3.63, 3.8) is 0 Å². The molecule has 0 spiro atoms. The van der Waals surface area contributed by atoms with Gasteiger partial charge in [0.05, 0.1) is 0 Å². The maximum Gasteiger partial charge on any atom is 0.0434 e. The second kappa shape index (κ2) is 17.9. The lowest BCUT2D eigenvalue weighted by molar-refractivity contribution is 1.55. The van der Waals surface area contributed by atoms with E-state index in [2.05, 4.69) is 268 Å². The van der Waals surface area contributed by atoms with Crippen molar-refractivity contribution in [3.05, 3.63) is 266 Å². The quantitative estimate of drug-likeness (QED) is 0.133. The van der Waals surface area contributed by atoms with E-state index in [9.17, 15) is 0 Å². The normalized spacial score (nSPS) is 11.9. The summed E-state index contributed by atoms with van der Waals surface area (Å²) >= 11 is 1.91. The van der Waals surface area contributed by atoms with Gasteiger partial charge in [-0.05, 0) is 145 Å². The molecule has 0 aliphatic carbocycles. The summed E-state index contributed by atoms with van der Waals surface area (Å²) in [6.45, 7) is 6.48. The minimum absolute atomic E-state index is 1.14. The number of thiophene rings is 1. The fourth-order valence-corrected chi connectivity index (χ4v) is 13.5. The zero-order valence-electron chi connectivity index (χ0n) is 40.9. The van der Waals surface area contributed by atoms with E-state index in [1.54, 1.807) is 0 Å². The van der Waals surface area contributed by atoms with Crippen molar-refractivity contribution in [3.8, 4) is 66.8 Å². The van der Waals surface area contributed by atoms with Crippen molar-refractivity contribution in [1.82, 2.24) is 0 Å². The fourth-order valence-electron chi connectivity index (χ4n) is 12.3. The van der Waals surface area contributed by atoms with Crippen LogP contribution in [-0.2, 0) is 0 Å². The van der Waals surface area contributed by atoms with Gasteiger partial charge in [0.15, 0.2) is 0 Å². The predicted molar refractivity (Wildman–Crippen MR) is 324 cm³/mol. The standard InChI is InChI=1S/C73H48S/c1-3-22-52-49(4-2)50(46-23-7-5-8-24-46)40-42-63(52)71-59-33-17-19-35-61(59)72(62-36-20-18-34-60(62)71)66-38-21-37-65-67-45-48(39-44-68(67)74-73(65)66)69-55-29-13-15-31-57(55)70(58-32-16-14-30-56(58)69)64-43-41-51(47-25-9-6-10-26-47)53-27-11-12-28-54(53)64/h3-45H,2H2,1H3/b22-3-. The number of hydrogen-bond donors (Lipinski definition) is 0. The van der Waals surface area contributed by atoms with Crippen molar-refractivity contribution >= 4 is 97.5 Å². The molecule has 0 aliphatic rings. The van der Waals surface area contributed by atoms with E-state index in [4.69, 9.17) is 0 Å². The predicted octanol–water partition coefficient (Wildman–Crippen LogP) is 21.5. The summed E-state index contributed by atoms with van der Waals surface area (Å²) in [6.07, 6.45) is 6.44. The van der Waals surface area contributed by atoms with Crippen LogP contribution < -0.4 is 0 Å². The van der Waals surface area contributed by atoms with Gasteiger partial charge < -0.3 is 0 Å². The Balaban J connectivity index is 0.968. The van der Waals surface area contributed by atoms with Crippen LogP contribution in [-0.4, -0.2) is 0 Å². The minimum Gasteiger partial charge on any atom is -0.135 e. The Hall–Kier alpha value is -9.14. The summed E-state index contributed by atoms with van der Waals surface area (Å²) in [6, 6.07) is 89.9. The molecule has 0 nitrogen and oxygen atoms in total. The molecule has 74 heavy (non-hydrogen) atoms. The van der Waals surface area contributed by atoms with Gasteiger partial charge in [-0.2, -0.15) is 0 Å². The Morgan fingerprint density at radius 1 is 0.297 bits per heavy atom. The second-order valence-electron chi connectivity index (χ2n) is 19.3. The molecule has 0 saturated heterocycles. The number of fused-ring (bicyclic) bond motifs is 8. The van der Waals surface area contributed by atoms with E-state index in [-0.39, 0.29) is 0 Å². The van der Waals surface area contributed by atoms with Crippen LogP contribution in [0.15, 0.2) is 255 Å². The van der Waals surface area contributed by atoms with Gasteiger partial charge in [0.2, 0.25) is 0 Å². The van der Waals surface area contributed by atoms with Crippen LogP contribution in [0.2, 0.25) is 0 Å². The van der Waals surface area contributed by atoms with Crippen molar-refractivity contribution in [2.45, 2.75) is 6.92 Å². The molecule has 1 aromatic heterocycles. The summed E-state index contributed by atoms with van der Waals surface area (Å²) in [5, 5.41) is 15.0. The zero-order valence-corrected chi connectivity index (χ0v) is 41.8. The van der Waals surface area contributed by atoms with E-state index in [0.29, 0.717) is 0 Å². The number of rotatable bonds is 8. The highest BCUT2D eigenvalue weighted by atomic mass is 32.1. The van der Waals surface area contributed by atoms with Gasteiger partial charge >= 0.3 is 0 Å². The smallest absolute Gasteiger partial charge is 0.0434 e. The molecular formula is C73H48S. The van der Waals surface area contributed by atoms with Crippen molar-refractivity contribution in [2.24, 2.45) is 0 Å². The van der Waals surface area contributed by atoms with Gasteiger partial charge in [0.25, 0.3) is 0 Å². The molecule has 0 N–H and O–H groups in total. The highest BCUT2D eigenvalue weighted by molar-refractivity contribution is 7.26. The van der Waals surface area contributed by atoms with E-state index in [0.717, 1.165) is 5.56 Å². The molecule has 0 aliphatic heterocycles. The molecule has 1 heteroatoms. The van der Waals surface area contributed by atoms with Crippen LogP contribution in [0.3, 0.4) is 0 Å². The molecule has 0 radical (unpaired) electrons. The third-order valence-corrected chi connectivity index (χ3v) is 16.6. The first-order valence-corrected chi connectivity index (χ1v) is 26.4. The Morgan fingerprint density at radius 2 is 0.716 bits per heavy atom. The molecule has 0 saturated carbocycles. The lowest BCUT2D eigenvalue weighted by Gasteiger charge is -2.21.